The molecule has 0 aliphatic heterocycles. The molecule has 4 rings (SSSR count). The van der Waals surface area contributed by atoms with Gasteiger partial charge in [0, 0.05) is 23.5 Å². The molecule has 0 aliphatic rings. The zero-order chi connectivity index (χ0) is 24.1. The molecule has 4 aromatic carbocycles. The molecule has 34 heavy (non-hydrogen) atoms. The number of ether oxygens (including phenoxy) is 1. The summed E-state index contributed by atoms with van der Waals surface area (Å²) >= 11 is 0. The van der Waals surface area contributed by atoms with Crippen molar-refractivity contribution in [2.75, 3.05) is 17.2 Å². The van der Waals surface area contributed by atoms with E-state index in [0.717, 1.165) is 33.2 Å². The number of hydrogen-bond acceptors (Lipinski definition) is 4. The Hall–Kier alpha value is -4.32. The van der Waals surface area contributed by atoms with Crippen LogP contribution in [0.25, 0.3) is 10.8 Å². The van der Waals surface area contributed by atoms with Gasteiger partial charge in [-0.25, -0.2) is 4.79 Å². The number of nitrogens with one attached hydrogen (secondary N) is 2. The van der Waals surface area contributed by atoms with Crippen molar-refractivity contribution in [2.45, 2.75) is 20.4 Å². The molecule has 6 heteroatoms. The van der Waals surface area contributed by atoms with Crippen molar-refractivity contribution in [3.63, 3.8) is 0 Å². The number of anilines is 2. The van der Waals surface area contributed by atoms with Gasteiger partial charge in [0.25, 0.3) is 5.91 Å². The highest BCUT2D eigenvalue weighted by molar-refractivity contribution is 5.92. The molecule has 0 aliphatic carbocycles. The lowest BCUT2D eigenvalue weighted by Gasteiger charge is -2.17. The van der Waals surface area contributed by atoms with E-state index in [1.54, 1.807) is 18.2 Å². The van der Waals surface area contributed by atoms with Gasteiger partial charge in [-0.15, -0.1) is 0 Å². The number of fused-ring (bicyclic) bond motifs is 1. The van der Waals surface area contributed by atoms with Crippen molar-refractivity contribution in [3.8, 4) is 5.75 Å². The molecule has 0 aromatic heterocycles. The highest BCUT2D eigenvalue weighted by Crippen LogP contribution is 2.30. The van der Waals surface area contributed by atoms with Gasteiger partial charge in [0.15, 0.2) is 6.61 Å². The van der Waals surface area contributed by atoms with Crippen LogP contribution >= 0.6 is 0 Å². The average molecular weight is 455 g/mol. The molecule has 0 unspecified atom stereocenters. The minimum absolute atomic E-state index is 0.132. The fraction of sp³-hybridized carbons (Fsp3) is 0.143. The molecule has 3 N–H and O–H groups in total. The van der Waals surface area contributed by atoms with E-state index >= 15 is 0 Å². The van der Waals surface area contributed by atoms with E-state index in [0.29, 0.717) is 18.0 Å². The molecule has 0 spiro atoms. The first kappa shape index (κ1) is 22.9. The molecule has 0 heterocycles. The number of carboxylic acid groups (broad SMARTS) is 1. The van der Waals surface area contributed by atoms with Crippen LogP contribution in [-0.4, -0.2) is 23.6 Å². The van der Waals surface area contributed by atoms with Gasteiger partial charge in [0.2, 0.25) is 0 Å². The summed E-state index contributed by atoms with van der Waals surface area (Å²) in [6.07, 6.45) is 0. The second kappa shape index (κ2) is 10.1. The summed E-state index contributed by atoms with van der Waals surface area (Å²) in [7, 11) is 0. The lowest BCUT2D eigenvalue weighted by molar-refractivity contribution is -0.118. The van der Waals surface area contributed by atoms with Crippen molar-refractivity contribution >= 4 is 34.0 Å². The number of carboxylic acids is 1. The van der Waals surface area contributed by atoms with Crippen LogP contribution in [0.5, 0.6) is 5.75 Å². The Kier molecular flexibility index (Phi) is 6.78. The van der Waals surface area contributed by atoms with Crippen molar-refractivity contribution in [2.24, 2.45) is 0 Å². The first-order valence-corrected chi connectivity index (χ1v) is 11.0. The highest BCUT2D eigenvalue weighted by atomic mass is 16.5. The third-order valence-electron chi connectivity index (χ3n) is 5.63. The van der Waals surface area contributed by atoms with Crippen molar-refractivity contribution in [1.82, 2.24) is 0 Å². The molecule has 1 amide bonds. The molecule has 0 bridgehead atoms. The van der Waals surface area contributed by atoms with E-state index in [4.69, 9.17) is 4.74 Å². The van der Waals surface area contributed by atoms with E-state index in [2.05, 4.69) is 10.6 Å². The predicted octanol–water partition coefficient (Wildman–Crippen LogP) is 5.78. The summed E-state index contributed by atoms with van der Waals surface area (Å²) in [5.41, 5.74) is 4.61. The molecule has 0 atom stereocenters. The first-order valence-electron chi connectivity index (χ1n) is 11.0. The second-order valence-electron chi connectivity index (χ2n) is 8.15. The number of carbonyl (C=O) groups is 2. The van der Waals surface area contributed by atoms with E-state index in [-0.39, 0.29) is 18.1 Å². The third-order valence-corrected chi connectivity index (χ3v) is 5.63. The molecular weight excluding hydrogens is 428 g/mol. The fourth-order valence-corrected chi connectivity index (χ4v) is 3.74. The average Bonchev–Trinajstić information content (AvgIpc) is 2.83. The Bertz CT molecular complexity index is 1350. The lowest BCUT2D eigenvalue weighted by Crippen LogP contribution is -2.20. The van der Waals surface area contributed by atoms with Gasteiger partial charge in [-0.05, 0) is 60.5 Å². The minimum Gasteiger partial charge on any atom is -0.483 e. The van der Waals surface area contributed by atoms with Crippen molar-refractivity contribution < 1.29 is 19.4 Å². The largest absolute Gasteiger partial charge is 0.483 e. The topological polar surface area (TPSA) is 87.7 Å². The number of aromatic carboxylic acids is 1. The number of carbonyl (C=O) groups excluding carboxylic acids is 1. The molecule has 0 saturated carbocycles. The number of benzene rings is 4. The van der Waals surface area contributed by atoms with Gasteiger partial charge < -0.3 is 20.5 Å². The summed E-state index contributed by atoms with van der Waals surface area (Å²) in [5.74, 6) is -0.630. The van der Waals surface area contributed by atoms with Crippen LogP contribution in [0.15, 0.2) is 78.9 Å². The third kappa shape index (κ3) is 5.35. The molecule has 0 saturated heterocycles. The molecule has 0 fully saturated rings. The summed E-state index contributed by atoms with van der Waals surface area (Å²) in [6.45, 7) is 4.18. The maximum absolute atomic E-state index is 12.5. The summed E-state index contributed by atoms with van der Waals surface area (Å²) in [6, 6.07) is 24.3. The molecule has 4 aromatic rings. The molecule has 6 nitrogen and oxygen atoms in total. The van der Waals surface area contributed by atoms with Gasteiger partial charge in [0.05, 0.1) is 5.56 Å². The smallest absolute Gasteiger partial charge is 0.335 e. The zero-order valence-corrected chi connectivity index (χ0v) is 19.1. The summed E-state index contributed by atoms with van der Waals surface area (Å²) in [4.78, 5) is 23.8. The fourth-order valence-electron chi connectivity index (χ4n) is 3.74. The Balaban J connectivity index is 1.55. The van der Waals surface area contributed by atoms with Crippen LogP contribution in [0, 0.1) is 13.8 Å². The molecule has 172 valence electrons. The summed E-state index contributed by atoms with van der Waals surface area (Å²) < 4.78 is 5.94. The van der Waals surface area contributed by atoms with E-state index in [9.17, 15) is 14.7 Å². The van der Waals surface area contributed by atoms with Crippen LogP contribution in [0.3, 0.4) is 0 Å². The van der Waals surface area contributed by atoms with Crippen LogP contribution in [0.2, 0.25) is 0 Å². The summed E-state index contributed by atoms with van der Waals surface area (Å²) in [5, 5.41) is 17.6. The van der Waals surface area contributed by atoms with Crippen molar-refractivity contribution in [1.29, 1.82) is 0 Å². The monoisotopic (exact) mass is 454 g/mol. The zero-order valence-electron chi connectivity index (χ0n) is 19.1. The van der Waals surface area contributed by atoms with Gasteiger partial charge in [-0.1, -0.05) is 54.1 Å². The number of amides is 1. The Morgan fingerprint density at radius 3 is 2.44 bits per heavy atom. The van der Waals surface area contributed by atoms with Gasteiger partial charge >= 0.3 is 5.97 Å². The van der Waals surface area contributed by atoms with Crippen LogP contribution in [0.1, 0.15) is 27.0 Å². The maximum Gasteiger partial charge on any atom is 0.335 e. The van der Waals surface area contributed by atoms with Crippen LogP contribution in [0.4, 0.5) is 11.4 Å². The van der Waals surface area contributed by atoms with Crippen LogP contribution < -0.4 is 15.4 Å². The lowest BCUT2D eigenvalue weighted by atomic mass is 10.0. The second-order valence-corrected chi connectivity index (χ2v) is 8.15. The number of hydrogen-bond donors (Lipinski definition) is 3. The normalized spacial score (nSPS) is 10.6. The van der Waals surface area contributed by atoms with Crippen molar-refractivity contribution in [3.05, 3.63) is 101 Å². The first-order chi connectivity index (χ1) is 16.4. The minimum atomic E-state index is -0.975. The van der Waals surface area contributed by atoms with Gasteiger partial charge in [-0.3, -0.25) is 4.79 Å². The Labute approximate surface area is 198 Å². The standard InChI is InChI=1S/C28H26N2O4/c1-18-7-12-22(13-8-18)30-27(31)17-34-26-14-11-20-5-3-4-6-23(20)24(26)16-29-25-15-21(28(32)33)10-9-19(25)2/h3-15,29H,16-17H2,1-2H3,(H,30,31)(H,32,33). The van der Waals surface area contributed by atoms with Crippen LogP contribution in [-0.2, 0) is 11.3 Å². The van der Waals surface area contributed by atoms with E-state index < -0.39 is 5.97 Å². The number of aryl methyl sites for hydroxylation is 2. The SMILES string of the molecule is Cc1ccc(NC(=O)COc2ccc3ccccc3c2CNc2cc(C(=O)O)ccc2C)cc1. The van der Waals surface area contributed by atoms with Gasteiger partial charge in [-0.2, -0.15) is 0 Å². The van der Waals surface area contributed by atoms with E-state index in [1.165, 1.54) is 0 Å². The Morgan fingerprint density at radius 1 is 0.912 bits per heavy atom. The Morgan fingerprint density at radius 2 is 1.68 bits per heavy atom. The highest BCUT2D eigenvalue weighted by Gasteiger charge is 2.13. The number of rotatable bonds is 8. The van der Waals surface area contributed by atoms with Gasteiger partial charge in [0.1, 0.15) is 5.75 Å². The molecule has 0 radical (unpaired) electrons. The molecular formula is C28H26N2O4. The predicted molar refractivity (Wildman–Crippen MR) is 135 cm³/mol. The van der Waals surface area contributed by atoms with E-state index in [1.807, 2.05) is 74.5 Å². The quantitative estimate of drug-likeness (QED) is 0.314. The maximum atomic E-state index is 12.5.